The number of aliphatic imine (C=N–C) groups is 1. The molecule has 1 aromatic heterocycles. The second kappa shape index (κ2) is 10.3. The highest BCUT2D eigenvalue weighted by Crippen LogP contribution is 2.33. The van der Waals surface area contributed by atoms with Crippen LogP contribution in [0.3, 0.4) is 0 Å². The van der Waals surface area contributed by atoms with Crippen molar-refractivity contribution in [1.82, 2.24) is 20.5 Å². The van der Waals surface area contributed by atoms with E-state index in [9.17, 15) is 0 Å². The van der Waals surface area contributed by atoms with Crippen LogP contribution < -0.4 is 10.6 Å². The average Bonchev–Trinajstić information content (AvgIpc) is 3.26. The molecular weight excluding hydrogens is 469 g/mol. The lowest BCUT2D eigenvalue weighted by molar-refractivity contribution is -0.0120. The fraction of sp³-hybridized carbons (Fsp3) is 0.750. The number of thioether (sulfide) groups is 1. The van der Waals surface area contributed by atoms with E-state index in [1.807, 2.05) is 13.2 Å². The molecular formula is C16H28IN5OS2. The summed E-state index contributed by atoms with van der Waals surface area (Å²) in [7, 11) is 1.83. The Balaban J connectivity index is 0.00000225. The molecule has 0 radical (unpaired) electrons. The summed E-state index contributed by atoms with van der Waals surface area (Å²) in [6.07, 6.45) is 3.15. The van der Waals surface area contributed by atoms with Crippen LogP contribution in [0.25, 0.3) is 0 Å². The van der Waals surface area contributed by atoms with Crippen molar-refractivity contribution >= 4 is 53.0 Å². The topological polar surface area (TPSA) is 61.8 Å². The molecule has 2 saturated heterocycles. The van der Waals surface area contributed by atoms with Gasteiger partial charge in [0.2, 0.25) is 0 Å². The number of aryl methyl sites for hydroxylation is 1. The van der Waals surface area contributed by atoms with Gasteiger partial charge in [-0.3, -0.25) is 9.89 Å². The number of ether oxygens (including phenoxy) is 1. The van der Waals surface area contributed by atoms with Crippen LogP contribution in [0.2, 0.25) is 0 Å². The van der Waals surface area contributed by atoms with Crippen LogP contribution in [0.4, 0.5) is 0 Å². The van der Waals surface area contributed by atoms with E-state index in [1.54, 1.807) is 11.3 Å². The van der Waals surface area contributed by atoms with E-state index in [0.717, 1.165) is 50.4 Å². The molecule has 3 rings (SSSR count). The first-order valence-corrected chi connectivity index (χ1v) is 10.5. The summed E-state index contributed by atoms with van der Waals surface area (Å²) in [5, 5.41) is 8.02. The Kier molecular flexibility index (Phi) is 8.73. The summed E-state index contributed by atoms with van der Waals surface area (Å²) in [6.45, 7) is 7.50. The van der Waals surface area contributed by atoms with Crippen LogP contribution in [0.1, 0.15) is 16.3 Å². The number of guanidine groups is 1. The molecule has 142 valence electrons. The molecule has 0 bridgehead atoms. The van der Waals surface area contributed by atoms with Gasteiger partial charge >= 0.3 is 0 Å². The first kappa shape index (κ1) is 21.2. The van der Waals surface area contributed by atoms with Crippen molar-refractivity contribution in [3.8, 4) is 0 Å². The molecule has 1 unspecified atom stereocenters. The molecule has 25 heavy (non-hydrogen) atoms. The fourth-order valence-corrected chi connectivity index (χ4v) is 5.45. The first-order chi connectivity index (χ1) is 11.7. The number of hydrogen-bond donors (Lipinski definition) is 2. The minimum absolute atomic E-state index is 0. The van der Waals surface area contributed by atoms with Crippen molar-refractivity contribution < 1.29 is 4.74 Å². The molecule has 0 aromatic carbocycles. The monoisotopic (exact) mass is 497 g/mol. The van der Waals surface area contributed by atoms with Gasteiger partial charge in [0.05, 0.1) is 19.8 Å². The largest absolute Gasteiger partial charge is 0.379 e. The smallest absolute Gasteiger partial charge is 0.191 e. The molecule has 0 saturated carbocycles. The molecule has 1 aromatic rings. The van der Waals surface area contributed by atoms with Crippen molar-refractivity contribution in [2.45, 2.75) is 25.4 Å². The van der Waals surface area contributed by atoms with Crippen molar-refractivity contribution in [2.75, 3.05) is 51.4 Å². The zero-order valence-corrected chi connectivity index (χ0v) is 18.9. The Bertz CT molecular complexity index is 556. The van der Waals surface area contributed by atoms with E-state index in [4.69, 9.17) is 4.74 Å². The molecule has 1 atom stereocenters. The third kappa shape index (κ3) is 5.69. The van der Waals surface area contributed by atoms with Crippen molar-refractivity contribution in [1.29, 1.82) is 0 Å². The van der Waals surface area contributed by atoms with Crippen LogP contribution in [0, 0.1) is 6.92 Å². The van der Waals surface area contributed by atoms with E-state index in [1.165, 1.54) is 22.8 Å². The number of aromatic nitrogens is 1. The van der Waals surface area contributed by atoms with Crippen molar-refractivity contribution in [3.05, 3.63) is 16.1 Å². The second-order valence-corrected chi connectivity index (χ2v) is 8.69. The lowest BCUT2D eigenvalue weighted by atomic mass is 9.95. The molecule has 6 nitrogen and oxygen atoms in total. The Morgan fingerprint density at radius 3 is 2.80 bits per heavy atom. The standard InChI is InChI=1S/C16H27N5OS2.HI/c1-13-9-18-14(24-13)10-19-15(17-2)20-11-16(3-8-23-12-16)21-4-6-22-7-5-21;/h9H,3-8,10-12H2,1-2H3,(H2,17,19,20);1H. The number of thiazole rings is 1. The third-order valence-electron chi connectivity index (χ3n) is 4.65. The summed E-state index contributed by atoms with van der Waals surface area (Å²) in [5.74, 6) is 3.28. The van der Waals surface area contributed by atoms with E-state index < -0.39 is 0 Å². The van der Waals surface area contributed by atoms with Crippen LogP contribution >= 0.6 is 47.1 Å². The highest BCUT2D eigenvalue weighted by atomic mass is 127. The third-order valence-corrected chi connectivity index (χ3v) is 6.80. The highest BCUT2D eigenvalue weighted by Gasteiger charge is 2.40. The first-order valence-electron chi connectivity index (χ1n) is 8.48. The van der Waals surface area contributed by atoms with E-state index >= 15 is 0 Å². The summed E-state index contributed by atoms with van der Waals surface area (Å²) in [6, 6.07) is 0. The Morgan fingerprint density at radius 2 is 2.20 bits per heavy atom. The zero-order valence-electron chi connectivity index (χ0n) is 14.9. The van der Waals surface area contributed by atoms with Crippen LogP contribution in [-0.4, -0.2) is 72.8 Å². The van der Waals surface area contributed by atoms with Gasteiger partial charge in [-0.05, 0) is 19.1 Å². The fourth-order valence-electron chi connectivity index (χ4n) is 3.25. The molecule has 3 heterocycles. The Hall–Kier alpha value is -0.100. The van der Waals surface area contributed by atoms with Crippen LogP contribution in [0.15, 0.2) is 11.2 Å². The van der Waals surface area contributed by atoms with Crippen LogP contribution in [0.5, 0.6) is 0 Å². The normalized spacial score (nSPS) is 24.8. The van der Waals surface area contributed by atoms with E-state index in [0.29, 0.717) is 0 Å². The van der Waals surface area contributed by atoms with Crippen molar-refractivity contribution in [3.63, 3.8) is 0 Å². The molecule has 2 aliphatic rings. The maximum absolute atomic E-state index is 5.53. The van der Waals surface area contributed by atoms with Gasteiger partial charge in [0.1, 0.15) is 5.01 Å². The average molecular weight is 497 g/mol. The van der Waals surface area contributed by atoms with E-state index in [-0.39, 0.29) is 29.5 Å². The lowest BCUT2D eigenvalue weighted by Crippen LogP contribution is -2.60. The molecule has 0 amide bonds. The summed E-state index contributed by atoms with van der Waals surface area (Å²) < 4.78 is 5.53. The highest BCUT2D eigenvalue weighted by molar-refractivity contribution is 14.0. The number of hydrogen-bond acceptors (Lipinski definition) is 6. The molecule has 2 aliphatic heterocycles. The van der Waals surface area contributed by atoms with Gasteiger partial charge < -0.3 is 15.4 Å². The predicted octanol–water partition coefficient (Wildman–Crippen LogP) is 1.94. The SMILES string of the molecule is CN=C(NCc1ncc(C)s1)NCC1(N2CCOCC2)CCSC1.I. The maximum Gasteiger partial charge on any atom is 0.191 e. The minimum Gasteiger partial charge on any atom is -0.379 e. The molecule has 0 aliphatic carbocycles. The zero-order chi connectivity index (χ0) is 16.8. The van der Waals surface area contributed by atoms with Gasteiger partial charge in [-0.1, -0.05) is 0 Å². The number of morpholine rings is 1. The quantitative estimate of drug-likeness (QED) is 0.369. The molecule has 0 spiro atoms. The van der Waals surface area contributed by atoms with Gasteiger partial charge in [-0.15, -0.1) is 35.3 Å². The Labute approximate surface area is 175 Å². The number of nitrogens with one attached hydrogen (secondary N) is 2. The minimum atomic E-state index is 0. The summed E-state index contributed by atoms with van der Waals surface area (Å²) in [4.78, 5) is 12.6. The molecule has 2 fully saturated rings. The van der Waals surface area contributed by atoms with Crippen LogP contribution in [-0.2, 0) is 11.3 Å². The van der Waals surface area contributed by atoms with Gasteiger partial charge in [-0.25, -0.2) is 4.98 Å². The van der Waals surface area contributed by atoms with Gasteiger partial charge in [0.25, 0.3) is 0 Å². The van der Waals surface area contributed by atoms with Crippen molar-refractivity contribution in [2.24, 2.45) is 4.99 Å². The summed E-state index contributed by atoms with van der Waals surface area (Å²) in [5.41, 5.74) is 0.226. The Morgan fingerprint density at radius 1 is 1.40 bits per heavy atom. The van der Waals surface area contributed by atoms with Gasteiger partial charge in [-0.2, -0.15) is 11.8 Å². The van der Waals surface area contributed by atoms with E-state index in [2.05, 4.69) is 44.2 Å². The number of nitrogens with zero attached hydrogens (tertiary/aromatic N) is 3. The lowest BCUT2D eigenvalue weighted by Gasteiger charge is -2.43. The number of halogens is 1. The predicted molar refractivity (Wildman–Crippen MR) is 118 cm³/mol. The second-order valence-electron chi connectivity index (χ2n) is 6.27. The van der Waals surface area contributed by atoms with Gasteiger partial charge in [0.15, 0.2) is 5.96 Å². The number of rotatable bonds is 5. The maximum atomic E-state index is 5.53. The van der Waals surface area contributed by atoms with Gasteiger partial charge in [0, 0.05) is 49.0 Å². The summed E-state index contributed by atoms with van der Waals surface area (Å²) >= 11 is 3.78. The molecule has 9 heteroatoms. The molecule has 2 N–H and O–H groups in total.